The van der Waals surface area contributed by atoms with Crippen LogP contribution < -0.4 is 0 Å². The zero-order valence-electron chi connectivity index (χ0n) is 13.1. The Kier molecular flexibility index (Phi) is 4.56. The van der Waals surface area contributed by atoms with E-state index in [2.05, 4.69) is 0 Å². The zero-order valence-corrected chi connectivity index (χ0v) is 13.9. The summed E-state index contributed by atoms with van der Waals surface area (Å²) in [4.78, 5) is 16.2. The molecule has 0 radical (unpaired) electrons. The van der Waals surface area contributed by atoms with Crippen molar-refractivity contribution < 1.29 is 17.9 Å². The summed E-state index contributed by atoms with van der Waals surface area (Å²) in [7, 11) is -3.57. The third-order valence-electron chi connectivity index (χ3n) is 4.22. The Morgan fingerprint density at radius 3 is 2.48 bits per heavy atom. The van der Waals surface area contributed by atoms with Crippen LogP contribution in [0.25, 0.3) is 0 Å². The smallest absolute Gasteiger partial charge is 0.321 e. The van der Waals surface area contributed by atoms with Crippen LogP contribution >= 0.6 is 0 Å². The molecule has 0 aromatic heterocycles. The van der Waals surface area contributed by atoms with E-state index in [9.17, 15) is 13.2 Å². The van der Waals surface area contributed by atoms with E-state index in [1.165, 1.54) is 4.31 Å². The van der Waals surface area contributed by atoms with Gasteiger partial charge in [0.05, 0.1) is 24.8 Å². The molecule has 0 saturated carbocycles. The molecule has 1 aromatic carbocycles. The van der Waals surface area contributed by atoms with Gasteiger partial charge in [0, 0.05) is 25.7 Å². The number of hydrogen-bond donors (Lipinski definition) is 0. The first-order valence-corrected chi connectivity index (χ1v) is 9.12. The lowest BCUT2D eigenvalue weighted by molar-refractivity contribution is 0.0424. The van der Waals surface area contributed by atoms with Crippen LogP contribution in [0.15, 0.2) is 35.2 Å². The van der Waals surface area contributed by atoms with E-state index >= 15 is 0 Å². The Hall–Kier alpha value is -1.64. The molecule has 23 heavy (non-hydrogen) atoms. The molecule has 126 valence electrons. The number of nitrogens with zero attached hydrogens (tertiary/aromatic N) is 3. The van der Waals surface area contributed by atoms with Gasteiger partial charge in [-0.1, -0.05) is 18.2 Å². The highest BCUT2D eigenvalue weighted by Crippen LogP contribution is 2.23. The number of hydrogen-bond acceptors (Lipinski definition) is 4. The lowest BCUT2D eigenvalue weighted by Gasteiger charge is -2.32. The molecule has 0 aliphatic carbocycles. The van der Waals surface area contributed by atoms with Crippen LogP contribution in [-0.2, 0) is 14.8 Å². The van der Waals surface area contributed by atoms with Crippen LogP contribution in [0.1, 0.15) is 6.92 Å². The fourth-order valence-electron chi connectivity index (χ4n) is 2.86. The molecule has 8 heteroatoms. The normalized spacial score (nSPS) is 23.3. The maximum absolute atomic E-state index is 12.7. The van der Waals surface area contributed by atoms with Crippen LogP contribution in [0.4, 0.5) is 4.79 Å². The van der Waals surface area contributed by atoms with Crippen molar-refractivity contribution in [1.29, 1.82) is 0 Å². The van der Waals surface area contributed by atoms with Crippen molar-refractivity contribution in [1.82, 2.24) is 14.1 Å². The summed E-state index contributed by atoms with van der Waals surface area (Å²) >= 11 is 0. The predicted molar refractivity (Wildman–Crippen MR) is 84.3 cm³/mol. The highest BCUT2D eigenvalue weighted by Gasteiger charge is 2.39. The number of benzene rings is 1. The first kappa shape index (κ1) is 16.2. The fourth-order valence-corrected chi connectivity index (χ4v) is 4.35. The number of sulfonamides is 1. The van der Waals surface area contributed by atoms with E-state index in [0.29, 0.717) is 32.8 Å². The minimum Gasteiger partial charge on any atom is -0.378 e. The van der Waals surface area contributed by atoms with E-state index in [1.807, 2.05) is 6.92 Å². The Balaban J connectivity index is 1.74. The van der Waals surface area contributed by atoms with Gasteiger partial charge in [-0.3, -0.25) is 0 Å². The maximum atomic E-state index is 12.7. The van der Waals surface area contributed by atoms with Crippen LogP contribution in [0.3, 0.4) is 0 Å². The number of amides is 2. The van der Waals surface area contributed by atoms with Crippen molar-refractivity contribution in [3.05, 3.63) is 30.3 Å². The van der Waals surface area contributed by atoms with Crippen molar-refractivity contribution in [2.45, 2.75) is 17.9 Å². The molecule has 3 rings (SSSR count). The van der Waals surface area contributed by atoms with Gasteiger partial charge in [0.2, 0.25) is 10.0 Å². The molecule has 0 bridgehead atoms. The quantitative estimate of drug-likeness (QED) is 0.799. The molecular weight excluding hydrogens is 318 g/mol. The van der Waals surface area contributed by atoms with Gasteiger partial charge in [0.25, 0.3) is 0 Å². The molecule has 2 fully saturated rings. The number of urea groups is 1. The minimum atomic E-state index is -3.57. The molecule has 1 atom stereocenters. The number of carbonyl (C=O) groups is 1. The first-order valence-electron chi connectivity index (χ1n) is 7.68. The Labute approximate surface area is 136 Å². The molecule has 1 aromatic rings. The summed E-state index contributed by atoms with van der Waals surface area (Å²) < 4.78 is 32.0. The average molecular weight is 339 g/mol. The largest absolute Gasteiger partial charge is 0.378 e. The van der Waals surface area contributed by atoms with E-state index in [0.717, 1.165) is 0 Å². The first-order chi connectivity index (χ1) is 11.0. The molecular formula is C15H21N3O4S. The van der Waals surface area contributed by atoms with Crippen LogP contribution in [0.5, 0.6) is 0 Å². The minimum absolute atomic E-state index is 0.0918. The molecule has 2 aliphatic rings. The van der Waals surface area contributed by atoms with Gasteiger partial charge >= 0.3 is 6.03 Å². The molecule has 0 N–H and O–H groups in total. The molecule has 2 amide bonds. The monoisotopic (exact) mass is 339 g/mol. The number of morpholine rings is 1. The van der Waals surface area contributed by atoms with Gasteiger partial charge in [0.15, 0.2) is 0 Å². The lowest BCUT2D eigenvalue weighted by Crippen LogP contribution is -2.49. The van der Waals surface area contributed by atoms with Crippen molar-refractivity contribution >= 4 is 16.1 Å². The second kappa shape index (κ2) is 6.46. The maximum Gasteiger partial charge on any atom is 0.321 e. The number of ether oxygens (including phenoxy) is 1. The highest BCUT2D eigenvalue weighted by molar-refractivity contribution is 7.89. The van der Waals surface area contributed by atoms with Gasteiger partial charge in [-0.25, -0.2) is 13.2 Å². The Morgan fingerprint density at radius 2 is 1.83 bits per heavy atom. The van der Waals surface area contributed by atoms with Crippen molar-refractivity contribution in [3.63, 3.8) is 0 Å². The van der Waals surface area contributed by atoms with E-state index in [-0.39, 0.29) is 23.6 Å². The molecule has 2 saturated heterocycles. The van der Waals surface area contributed by atoms with Gasteiger partial charge in [0.1, 0.15) is 0 Å². The van der Waals surface area contributed by atoms with Crippen molar-refractivity contribution in [2.75, 3.05) is 39.5 Å². The van der Waals surface area contributed by atoms with Crippen LogP contribution in [0, 0.1) is 0 Å². The zero-order chi connectivity index (χ0) is 16.4. The van der Waals surface area contributed by atoms with Gasteiger partial charge in [-0.15, -0.1) is 0 Å². The standard InChI is InChI=1S/C15H21N3O4S/c1-13-11-17(23(20,21)14-5-3-2-4-6-14)12-18(13)15(19)16-7-9-22-10-8-16/h2-6,13H,7-12H2,1H3/t13-/m0/s1. The fraction of sp³-hybridized carbons (Fsp3) is 0.533. The Morgan fingerprint density at radius 1 is 1.17 bits per heavy atom. The molecule has 0 unspecified atom stereocenters. The van der Waals surface area contributed by atoms with E-state index in [4.69, 9.17) is 4.74 Å². The average Bonchev–Trinajstić information content (AvgIpc) is 2.98. The third kappa shape index (κ3) is 3.19. The third-order valence-corrected chi connectivity index (χ3v) is 6.03. The molecule has 2 aliphatic heterocycles. The second-order valence-corrected chi connectivity index (χ2v) is 7.73. The second-order valence-electron chi connectivity index (χ2n) is 5.79. The summed E-state index contributed by atoms with van der Waals surface area (Å²) in [6, 6.07) is 8.06. The lowest BCUT2D eigenvalue weighted by atomic mass is 10.3. The van der Waals surface area contributed by atoms with Crippen molar-refractivity contribution in [2.24, 2.45) is 0 Å². The molecule has 0 spiro atoms. The van der Waals surface area contributed by atoms with Crippen LogP contribution in [-0.4, -0.2) is 74.1 Å². The van der Waals surface area contributed by atoms with Crippen molar-refractivity contribution in [3.8, 4) is 0 Å². The van der Waals surface area contributed by atoms with E-state index < -0.39 is 10.0 Å². The van der Waals surface area contributed by atoms with Gasteiger partial charge in [-0.2, -0.15) is 4.31 Å². The summed E-state index contributed by atoms with van der Waals surface area (Å²) in [5.74, 6) is 0. The summed E-state index contributed by atoms with van der Waals surface area (Å²) in [6.07, 6.45) is 0. The predicted octanol–water partition coefficient (Wildman–Crippen LogP) is 0.791. The van der Waals surface area contributed by atoms with Crippen LogP contribution in [0.2, 0.25) is 0 Å². The highest BCUT2D eigenvalue weighted by atomic mass is 32.2. The Bertz CT molecular complexity index is 659. The number of rotatable bonds is 2. The summed E-state index contributed by atoms with van der Waals surface area (Å²) in [6.45, 7) is 4.43. The summed E-state index contributed by atoms with van der Waals surface area (Å²) in [5, 5.41) is 0. The van der Waals surface area contributed by atoms with E-state index in [1.54, 1.807) is 40.1 Å². The van der Waals surface area contributed by atoms with Gasteiger partial charge < -0.3 is 14.5 Å². The SMILES string of the molecule is C[C@H]1CN(S(=O)(=O)c2ccccc2)CN1C(=O)N1CCOCC1. The summed E-state index contributed by atoms with van der Waals surface area (Å²) in [5.41, 5.74) is 0. The molecule has 2 heterocycles. The molecule has 7 nitrogen and oxygen atoms in total. The van der Waals surface area contributed by atoms with Gasteiger partial charge in [-0.05, 0) is 19.1 Å². The number of carbonyl (C=O) groups excluding carboxylic acids is 1. The topological polar surface area (TPSA) is 70.2 Å².